The smallest absolute Gasteiger partial charge is 0.0635 e. The van der Waals surface area contributed by atoms with E-state index in [0.717, 1.165) is 23.2 Å². The first kappa shape index (κ1) is 12.4. The first-order valence-electron chi connectivity index (χ1n) is 5.86. The third-order valence-electron chi connectivity index (χ3n) is 3.06. The molecule has 1 aromatic rings. The van der Waals surface area contributed by atoms with E-state index in [9.17, 15) is 0 Å². The summed E-state index contributed by atoms with van der Waals surface area (Å²) in [6.45, 7) is 1.72. The molecule has 0 aromatic heterocycles. The maximum atomic E-state index is 8.68. The van der Waals surface area contributed by atoms with Crippen LogP contribution in [0.4, 0.5) is 5.69 Å². The summed E-state index contributed by atoms with van der Waals surface area (Å²) in [4.78, 5) is 2.38. The van der Waals surface area contributed by atoms with E-state index in [2.05, 4.69) is 33.0 Å². The molecule has 4 heteroatoms. The number of nitriles is 1. The van der Waals surface area contributed by atoms with Crippen molar-refractivity contribution in [3.8, 4) is 6.07 Å². The normalized spacial score (nSPS) is 14.9. The number of anilines is 1. The molecule has 17 heavy (non-hydrogen) atoms. The molecule has 1 fully saturated rings. The fourth-order valence-electron chi connectivity index (χ4n) is 1.96. The molecule has 90 valence electrons. The van der Waals surface area contributed by atoms with Gasteiger partial charge in [-0.25, -0.2) is 0 Å². The molecule has 2 N–H and O–H groups in total. The zero-order valence-electron chi connectivity index (χ0n) is 9.69. The average Bonchev–Trinajstić information content (AvgIpc) is 3.14. The number of rotatable bonds is 5. The Kier molecular flexibility index (Phi) is 4.03. The highest BCUT2D eigenvalue weighted by Crippen LogP contribution is 2.31. The summed E-state index contributed by atoms with van der Waals surface area (Å²) < 4.78 is 0.989. The Morgan fingerprint density at radius 3 is 2.88 bits per heavy atom. The maximum Gasteiger partial charge on any atom is 0.0635 e. The molecular formula is C13H16BrN3. The van der Waals surface area contributed by atoms with Gasteiger partial charge in [-0.15, -0.1) is 0 Å². The van der Waals surface area contributed by atoms with Crippen LogP contribution < -0.4 is 5.73 Å². The third-order valence-corrected chi connectivity index (χ3v) is 4.02. The van der Waals surface area contributed by atoms with Crippen molar-refractivity contribution >= 4 is 21.6 Å². The van der Waals surface area contributed by atoms with Crippen molar-refractivity contribution in [3.05, 3.63) is 28.2 Å². The van der Waals surface area contributed by atoms with Gasteiger partial charge < -0.3 is 5.73 Å². The van der Waals surface area contributed by atoms with Crippen LogP contribution in [0.25, 0.3) is 0 Å². The van der Waals surface area contributed by atoms with Crippen LogP contribution in [0.3, 0.4) is 0 Å². The highest BCUT2D eigenvalue weighted by molar-refractivity contribution is 9.10. The average molecular weight is 294 g/mol. The second-order valence-corrected chi connectivity index (χ2v) is 5.22. The SMILES string of the molecule is N#CCCN(Cc1cccc(N)c1Br)C1CC1. The van der Waals surface area contributed by atoms with Gasteiger partial charge >= 0.3 is 0 Å². The zero-order valence-corrected chi connectivity index (χ0v) is 11.3. The van der Waals surface area contributed by atoms with E-state index in [1.807, 2.05) is 12.1 Å². The van der Waals surface area contributed by atoms with Crippen LogP contribution in [-0.4, -0.2) is 17.5 Å². The van der Waals surface area contributed by atoms with Crippen LogP contribution in [0.15, 0.2) is 22.7 Å². The quantitative estimate of drug-likeness (QED) is 0.850. The van der Waals surface area contributed by atoms with Gasteiger partial charge in [-0.3, -0.25) is 4.90 Å². The number of nitrogens with zero attached hydrogens (tertiary/aromatic N) is 2. The predicted octanol–water partition coefficient (Wildman–Crippen LogP) is 2.91. The lowest BCUT2D eigenvalue weighted by molar-refractivity contribution is 0.260. The second kappa shape index (κ2) is 5.52. The molecule has 0 bridgehead atoms. The van der Waals surface area contributed by atoms with E-state index in [1.165, 1.54) is 18.4 Å². The van der Waals surface area contributed by atoms with Crippen molar-refractivity contribution in [1.29, 1.82) is 5.26 Å². The molecule has 0 atom stereocenters. The largest absolute Gasteiger partial charge is 0.398 e. The van der Waals surface area contributed by atoms with E-state index in [4.69, 9.17) is 11.0 Å². The van der Waals surface area contributed by atoms with Crippen LogP contribution in [0.2, 0.25) is 0 Å². The highest BCUT2D eigenvalue weighted by Gasteiger charge is 2.28. The number of halogens is 1. The van der Waals surface area contributed by atoms with Gasteiger partial charge in [-0.2, -0.15) is 5.26 Å². The van der Waals surface area contributed by atoms with E-state index in [-0.39, 0.29) is 0 Å². The Hall–Kier alpha value is -1.05. The molecule has 1 aliphatic rings. The first-order valence-corrected chi connectivity index (χ1v) is 6.65. The van der Waals surface area contributed by atoms with Crippen molar-refractivity contribution in [2.75, 3.05) is 12.3 Å². The molecule has 1 aliphatic carbocycles. The molecule has 0 spiro atoms. The second-order valence-electron chi connectivity index (χ2n) is 4.43. The van der Waals surface area contributed by atoms with Crippen molar-refractivity contribution in [1.82, 2.24) is 4.90 Å². The number of benzene rings is 1. The predicted molar refractivity (Wildman–Crippen MR) is 72.2 cm³/mol. The Labute approximate surface area is 110 Å². The van der Waals surface area contributed by atoms with Crippen LogP contribution in [0, 0.1) is 11.3 Å². The molecule has 0 unspecified atom stereocenters. The summed E-state index contributed by atoms with van der Waals surface area (Å²) >= 11 is 3.53. The lowest BCUT2D eigenvalue weighted by atomic mass is 10.2. The monoisotopic (exact) mass is 293 g/mol. The van der Waals surface area contributed by atoms with Crippen LogP contribution in [-0.2, 0) is 6.54 Å². The number of hydrogen-bond donors (Lipinski definition) is 1. The molecule has 1 aromatic carbocycles. The number of nitrogen functional groups attached to an aromatic ring is 1. The highest BCUT2D eigenvalue weighted by atomic mass is 79.9. The maximum absolute atomic E-state index is 8.68. The number of hydrogen-bond acceptors (Lipinski definition) is 3. The van der Waals surface area contributed by atoms with Gasteiger partial charge in [0.05, 0.1) is 6.07 Å². The van der Waals surface area contributed by atoms with Gasteiger partial charge in [-0.05, 0) is 40.4 Å². The van der Waals surface area contributed by atoms with Crippen LogP contribution in [0.5, 0.6) is 0 Å². The lowest BCUT2D eigenvalue weighted by Crippen LogP contribution is -2.26. The topological polar surface area (TPSA) is 53.0 Å². The fraction of sp³-hybridized carbons (Fsp3) is 0.462. The Balaban J connectivity index is 2.06. The molecule has 0 amide bonds. The molecule has 2 rings (SSSR count). The lowest BCUT2D eigenvalue weighted by Gasteiger charge is -2.21. The van der Waals surface area contributed by atoms with Gasteiger partial charge in [0.2, 0.25) is 0 Å². The summed E-state index contributed by atoms with van der Waals surface area (Å²) in [6.07, 6.45) is 3.10. The number of nitrogens with two attached hydrogens (primary N) is 1. The van der Waals surface area contributed by atoms with Crippen molar-refractivity contribution < 1.29 is 0 Å². The van der Waals surface area contributed by atoms with Gasteiger partial charge in [0.25, 0.3) is 0 Å². The summed E-state index contributed by atoms with van der Waals surface area (Å²) in [5, 5.41) is 8.68. The summed E-state index contributed by atoms with van der Waals surface area (Å²) in [6, 6.07) is 8.83. The summed E-state index contributed by atoms with van der Waals surface area (Å²) in [5.41, 5.74) is 7.85. The molecular weight excluding hydrogens is 278 g/mol. The summed E-state index contributed by atoms with van der Waals surface area (Å²) in [7, 11) is 0. The fourth-order valence-corrected chi connectivity index (χ4v) is 2.35. The standard InChI is InChI=1S/C13H16BrN3/c14-13-10(3-1-4-12(13)16)9-17(8-2-7-15)11-5-6-11/h1,3-4,11H,2,5-6,8-9,16H2. The van der Waals surface area contributed by atoms with E-state index in [1.54, 1.807) is 0 Å². The minimum absolute atomic E-state index is 0.594. The molecule has 0 aliphatic heterocycles. The summed E-state index contributed by atoms with van der Waals surface area (Å²) in [5.74, 6) is 0. The van der Waals surface area contributed by atoms with Crippen molar-refractivity contribution in [2.45, 2.75) is 31.8 Å². The van der Waals surface area contributed by atoms with Crippen LogP contribution in [0.1, 0.15) is 24.8 Å². The molecule has 3 nitrogen and oxygen atoms in total. The Bertz CT molecular complexity index is 435. The molecule has 1 saturated carbocycles. The van der Waals surface area contributed by atoms with Gasteiger partial charge in [0, 0.05) is 35.7 Å². The minimum atomic E-state index is 0.594. The van der Waals surface area contributed by atoms with Gasteiger partial charge in [0.15, 0.2) is 0 Å². The van der Waals surface area contributed by atoms with E-state index < -0.39 is 0 Å². The van der Waals surface area contributed by atoms with Crippen molar-refractivity contribution in [2.24, 2.45) is 0 Å². The molecule has 0 radical (unpaired) electrons. The molecule has 0 heterocycles. The van der Waals surface area contributed by atoms with E-state index >= 15 is 0 Å². The van der Waals surface area contributed by atoms with Crippen molar-refractivity contribution in [3.63, 3.8) is 0 Å². The first-order chi connectivity index (χ1) is 8.22. The zero-order chi connectivity index (χ0) is 12.3. The van der Waals surface area contributed by atoms with E-state index in [0.29, 0.717) is 12.5 Å². The molecule has 0 saturated heterocycles. The van der Waals surface area contributed by atoms with Gasteiger partial charge in [-0.1, -0.05) is 12.1 Å². The Morgan fingerprint density at radius 2 is 2.24 bits per heavy atom. The van der Waals surface area contributed by atoms with Crippen LogP contribution >= 0.6 is 15.9 Å². The minimum Gasteiger partial charge on any atom is -0.398 e. The third kappa shape index (κ3) is 3.21. The Morgan fingerprint density at radius 1 is 1.47 bits per heavy atom. The van der Waals surface area contributed by atoms with Gasteiger partial charge in [0.1, 0.15) is 0 Å².